The molecule has 2 N–H and O–H groups in total. The molecule has 27 heavy (non-hydrogen) atoms. The third-order valence-electron chi connectivity index (χ3n) is 5.62. The number of nitrogens with one attached hydrogen (secondary N) is 1. The number of aliphatic hydroxyl groups is 1. The van der Waals surface area contributed by atoms with E-state index in [4.69, 9.17) is 4.42 Å². The summed E-state index contributed by atoms with van der Waals surface area (Å²) in [6.45, 7) is 3.07. The summed E-state index contributed by atoms with van der Waals surface area (Å²) in [5.74, 6) is 0.294. The lowest BCUT2D eigenvalue weighted by molar-refractivity contribution is 0.123. The van der Waals surface area contributed by atoms with E-state index in [0.717, 1.165) is 31.1 Å². The fourth-order valence-electron chi connectivity index (χ4n) is 4.00. The molecule has 0 bridgehead atoms. The molecule has 1 unspecified atom stereocenters. The average molecular weight is 366 g/mol. The number of hydrogen-bond donors (Lipinski definition) is 2. The van der Waals surface area contributed by atoms with Crippen LogP contribution in [0.5, 0.6) is 0 Å². The zero-order chi connectivity index (χ0) is 18.6. The summed E-state index contributed by atoms with van der Waals surface area (Å²) in [7, 11) is 0. The molecule has 1 aromatic heterocycles. The van der Waals surface area contributed by atoms with Gasteiger partial charge in [0, 0.05) is 6.54 Å². The highest BCUT2D eigenvalue weighted by molar-refractivity contribution is 5.72. The molecule has 0 spiro atoms. The van der Waals surface area contributed by atoms with Crippen LogP contribution >= 0.6 is 0 Å². The topological polar surface area (TPSA) is 69.5 Å². The Labute approximate surface area is 158 Å². The van der Waals surface area contributed by atoms with E-state index in [9.17, 15) is 9.90 Å². The Kier molecular flexibility index (Phi) is 5.41. The number of hydrogen-bond acceptors (Lipinski definition) is 4. The molecule has 1 atom stereocenters. The van der Waals surface area contributed by atoms with Crippen molar-refractivity contribution in [3.63, 3.8) is 0 Å². The van der Waals surface area contributed by atoms with Gasteiger partial charge in [-0.2, -0.15) is 0 Å². The van der Waals surface area contributed by atoms with Crippen molar-refractivity contribution in [2.75, 3.05) is 19.6 Å². The number of nitrogens with zero attached hydrogens (tertiary/aromatic N) is 1. The van der Waals surface area contributed by atoms with Gasteiger partial charge in [0.15, 0.2) is 5.58 Å². The molecule has 5 nitrogen and oxygen atoms in total. The highest BCUT2D eigenvalue weighted by atomic mass is 16.4. The van der Waals surface area contributed by atoms with Gasteiger partial charge in [-0.1, -0.05) is 36.4 Å². The first-order valence-electron chi connectivity index (χ1n) is 9.74. The molecule has 0 saturated carbocycles. The summed E-state index contributed by atoms with van der Waals surface area (Å²) in [4.78, 5) is 16.3. The van der Waals surface area contributed by atoms with E-state index in [1.165, 1.54) is 24.8 Å². The smallest absolute Gasteiger partial charge is 0.408 e. The molecule has 0 radical (unpaired) electrons. The standard InChI is InChI=1S/C22H26N2O3/c25-20(18-6-7-19-21(15-18)27-22(26)23-19)10-13-24-11-8-17(9-12-24)14-16-4-2-1-3-5-16/h1-7,15,17,20,25H,8-14H2,(H,23,26). The predicted molar refractivity (Wildman–Crippen MR) is 106 cm³/mol. The lowest BCUT2D eigenvalue weighted by Crippen LogP contribution is -2.35. The van der Waals surface area contributed by atoms with Gasteiger partial charge in [-0.3, -0.25) is 4.98 Å². The van der Waals surface area contributed by atoms with E-state index >= 15 is 0 Å². The van der Waals surface area contributed by atoms with Gasteiger partial charge in [-0.25, -0.2) is 4.79 Å². The maximum Gasteiger partial charge on any atom is 0.417 e. The zero-order valence-corrected chi connectivity index (χ0v) is 15.4. The number of aromatic amines is 1. The molecular formula is C22H26N2O3. The molecule has 1 saturated heterocycles. The van der Waals surface area contributed by atoms with E-state index in [-0.39, 0.29) is 0 Å². The van der Waals surface area contributed by atoms with Crippen LogP contribution in [0.2, 0.25) is 0 Å². The van der Waals surface area contributed by atoms with Crippen LogP contribution in [0.4, 0.5) is 0 Å². The molecule has 3 aromatic rings. The molecule has 0 amide bonds. The van der Waals surface area contributed by atoms with Crippen molar-refractivity contribution in [3.8, 4) is 0 Å². The van der Waals surface area contributed by atoms with E-state index in [1.807, 2.05) is 6.07 Å². The number of benzene rings is 2. The fourth-order valence-corrected chi connectivity index (χ4v) is 4.00. The number of aliphatic hydroxyl groups excluding tert-OH is 1. The van der Waals surface area contributed by atoms with Gasteiger partial charge in [0.1, 0.15) is 0 Å². The van der Waals surface area contributed by atoms with Crippen molar-refractivity contribution < 1.29 is 9.52 Å². The van der Waals surface area contributed by atoms with Crippen molar-refractivity contribution in [2.24, 2.45) is 5.92 Å². The third kappa shape index (κ3) is 4.49. The maximum atomic E-state index is 11.3. The highest BCUT2D eigenvalue weighted by Crippen LogP contribution is 2.24. The van der Waals surface area contributed by atoms with Crippen LogP contribution in [0.15, 0.2) is 57.7 Å². The largest absolute Gasteiger partial charge is 0.417 e. The van der Waals surface area contributed by atoms with Gasteiger partial charge in [0.2, 0.25) is 0 Å². The second kappa shape index (κ2) is 8.11. The van der Waals surface area contributed by atoms with Crippen molar-refractivity contribution in [2.45, 2.75) is 31.8 Å². The SMILES string of the molecule is O=c1[nH]c2ccc(C(O)CCN3CCC(Cc4ccccc4)CC3)cc2o1. The van der Waals surface area contributed by atoms with Crippen LogP contribution in [0.3, 0.4) is 0 Å². The summed E-state index contributed by atoms with van der Waals surface area (Å²) in [5.41, 5.74) is 3.39. The number of likely N-dealkylation sites (tertiary alicyclic amines) is 1. The van der Waals surface area contributed by atoms with Gasteiger partial charge in [-0.15, -0.1) is 0 Å². The van der Waals surface area contributed by atoms with Gasteiger partial charge in [-0.05, 0) is 68.0 Å². The van der Waals surface area contributed by atoms with Crippen LogP contribution in [0.25, 0.3) is 11.1 Å². The Morgan fingerprint density at radius 3 is 2.70 bits per heavy atom. The lowest BCUT2D eigenvalue weighted by Gasteiger charge is -2.32. The summed E-state index contributed by atoms with van der Waals surface area (Å²) in [6.07, 6.45) is 3.73. The van der Waals surface area contributed by atoms with Crippen LogP contribution in [-0.2, 0) is 6.42 Å². The van der Waals surface area contributed by atoms with Crippen molar-refractivity contribution in [1.82, 2.24) is 9.88 Å². The minimum Gasteiger partial charge on any atom is -0.408 e. The van der Waals surface area contributed by atoms with Gasteiger partial charge < -0.3 is 14.4 Å². The first-order chi connectivity index (χ1) is 13.2. The number of fused-ring (bicyclic) bond motifs is 1. The number of H-pyrrole nitrogens is 1. The summed E-state index contributed by atoms with van der Waals surface area (Å²) < 4.78 is 5.08. The molecule has 2 aromatic carbocycles. The van der Waals surface area contributed by atoms with Crippen LogP contribution in [0.1, 0.15) is 36.5 Å². The molecule has 1 aliphatic rings. The van der Waals surface area contributed by atoms with Crippen molar-refractivity contribution in [3.05, 3.63) is 70.2 Å². The lowest BCUT2D eigenvalue weighted by atomic mass is 9.90. The van der Waals surface area contributed by atoms with Crippen LogP contribution in [0, 0.1) is 5.92 Å². The molecule has 0 aliphatic carbocycles. The molecule has 1 fully saturated rings. The summed E-state index contributed by atoms with van der Waals surface area (Å²) >= 11 is 0. The maximum absolute atomic E-state index is 11.3. The van der Waals surface area contributed by atoms with Crippen LogP contribution < -0.4 is 5.76 Å². The minimum atomic E-state index is -0.545. The van der Waals surface area contributed by atoms with E-state index in [0.29, 0.717) is 17.5 Å². The molecular weight excluding hydrogens is 340 g/mol. The summed E-state index contributed by atoms with van der Waals surface area (Å²) in [6, 6.07) is 16.1. The Hall–Kier alpha value is -2.37. The second-order valence-electron chi connectivity index (χ2n) is 7.55. The molecule has 142 valence electrons. The minimum absolute atomic E-state index is 0.463. The Bertz CT molecular complexity index is 923. The second-order valence-corrected chi connectivity index (χ2v) is 7.55. The zero-order valence-electron chi connectivity index (χ0n) is 15.4. The Morgan fingerprint density at radius 1 is 1.15 bits per heavy atom. The normalized spacial score (nSPS) is 17.4. The molecule has 4 rings (SSSR count). The summed E-state index contributed by atoms with van der Waals surface area (Å²) in [5, 5.41) is 10.5. The monoisotopic (exact) mass is 366 g/mol. The van der Waals surface area contributed by atoms with E-state index in [2.05, 4.69) is 40.2 Å². The van der Waals surface area contributed by atoms with Crippen LogP contribution in [-0.4, -0.2) is 34.6 Å². The number of piperidine rings is 1. The molecule has 1 aliphatic heterocycles. The number of oxazole rings is 1. The average Bonchev–Trinajstić information content (AvgIpc) is 3.07. The first-order valence-corrected chi connectivity index (χ1v) is 9.74. The van der Waals surface area contributed by atoms with Gasteiger partial charge in [0.25, 0.3) is 0 Å². The third-order valence-corrected chi connectivity index (χ3v) is 5.62. The highest BCUT2D eigenvalue weighted by Gasteiger charge is 2.20. The van der Waals surface area contributed by atoms with E-state index < -0.39 is 11.9 Å². The quantitative estimate of drug-likeness (QED) is 0.701. The number of aromatic nitrogens is 1. The Morgan fingerprint density at radius 2 is 1.93 bits per heavy atom. The van der Waals surface area contributed by atoms with Crippen molar-refractivity contribution >= 4 is 11.1 Å². The fraction of sp³-hybridized carbons (Fsp3) is 0.409. The Balaban J connectivity index is 1.26. The predicted octanol–water partition coefficient (Wildman–Crippen LogP) is 3.50. The first kappa shape index (κ1) is 18.0. The van der Waals surface area contributed by atoms with Gasteiger partial charge >= 0.3 is 5.76 Å². The van der Waals surface area contributed by atoms with Crippen molar-refractivity contribution in [1.29, 1.82) is 0 Å². The van der Waals surface area contributed by atoms with E-state index in [1.54, 1.807) is 12.1 Å². The molecule has 2 heterocycles. The van der Waals surface area contributed by atoms with Gasteiger partial charge in [0.05, 0.1) is 11.6 Å². The number of rotatable bonds is 6. The molecule has 5 heteroatoms.